The lowest BCUT2D eigenvalue weighted by atomic mass is 9.95. The second kappa shape index (κ2) is 5.85. The molecule has 1 amide bonds. The second-order valence-electron chi connectivity index (χ2n) is 5.01. The minimum atomic E-state index is 0.0405. The van der Waals surface area contributed by atoms with Crippen LogP contribution in [0.4, 0.5) is 0 Å². The third-order valence-electron chi connectivity index (χ3n) is 3.53. The number of carbonyl (C=O) groups is 1. The average molecular weight is 311 g/mol. The number of benzene rings is 1. The number of halogens is 1. The number of amides is 1. The van der Waals surface area contributed by atoms with Crippen LogP contribution in [0.2, 0.25) is 0 Å². The molecule has 18 heavy (non-hydrogen) atoms. The van der Waals surface area contributed by atoms with Gasteiger partial charge in [0.1, 0.15) is 0 Å². The van der Waals surface area contributed by atoms with E-state index in [0.29, 0.717) is 5.92 Å². The van der Waals surface area contributed by atoms with Gasteiger partial charge in [0, 0.05) is 16.1 Å². The van der Waals surface area contributed by atoms with E-state index in [4.69, 9.17) is 0 Å². The summed E-state index contributed by atoms with van der Waals surface area (Å²) in [7, 11) is 0. The maximum Gasteiger partial charge on any atom is 0.251 e. The number of carbonyl (C=O) groups excluding carboxylic acids is 1. The zero-order chi connectivity index (χ0) is 13.1. The number of nitrogens with one attached hydrogen (secondary N) is 2. The van der Waals surface area contributed by atoms with Crippen LogP contribution in [0.1, 0.15) is 29.3 Å². The molecule has 2 unspecified atom stereocenters. The Labute approximate surface area is 116 Å². The van der Waals surface area contributed by atoms with Crippen LogP contribution in [-0.2, 0) is 0 Å². The zero-order valence-electron chi connectivity index (χ0n) is 10.8. The van der Waals surface area contributed by atoms with Gasteiger partial charge >= 0.3 is 0 Å². The van der Waals surface area contributed by atoms with Crippen molar-refractivity contribution in [1.29, 1.82) is 0 Å². The van der Waals surface area contributed by atoms with Gasteiger partial charge in [-0.15, -0.1) is 0 Å². The van der Waals surface area contributed by atoms with Gasteiger partial charge in [-0.25, -0.2) is 0 Å². The molecular weight excluding hydrogens is 292 g/mol. The van der Waals surface area contributed by atoms with Crippen molar-refractivity contribution in [3.8, 4) is 0 Å². The predicted octanol–water partition coefficient (Wildman–Crippen LogP) is 2.49. The Bertz CT molecular complexity index is 447. The molecule has 0 aliphatic carbocycles. The molecule has 2 N–H and O–H groups in total. The van der Waals surface area contributed by atoms with E-state index in [0.717, 1.165) is 35.1 Å². The highest BCUT2D eigenvalue weighted by molar-refractivity contribution is 9.10. The Morgan fingerprint density at radius 3 is 2.94 bits per heavy atom. The first-order chi connectivity index (χ1) is 8.58. The highest BCUT2D eigenvalue weighted by Gasteiger charge is 2.23. The van der Waals surface area contributed by atoms with E-state index in [1.807, 2.05) is 25.1 Å². The van der Waals surface area contributed by atoms with Gasteiger partial charge in [0.05, 0.1) is 0 Å². The van der Waals surface area contributed by atoms with Gasteiger partial charge in [0.25, 0.3) is 5.91 Å². The van der Waals surface area contributed by atoms with Crippen LogP contribution in [0.15, 0.2) is 22.7 Å². The van der Waals surface area contributed by atoms with E-state index >= 15 is 0 Å². The SMILES string of the molecule is Cc1cc(Br)ccc1C(=O)NC1CCNCC1C. The highest BCUT2D eigenvalue weighted by atomic mass is 79.9. The van der Waals surface area contributed by atoms with Gasteiger partial charge in [-0.1, -0.05) is 22.9 Å². The molecule has 4 heteroatoms. The number of aryl methyl sites for hydroxylation is 1. The minimum absolute atomic E-state index is 0.0405. The Kier molecular flexibility index (Phi) is 4.40. The summed E-state index contributed by atoms with van der Waals surface area (Å²) in [6.45, 7) is 6.09. The van der Waals surface area contributed by atoms with E-state index < -0.39 is 0 Å². The van der Waals surface area contributed by atoms with Gasteiger partial charge in [-0.3, -0.25) is 4.79 Å². The molecule has 1 aromatic carbocycles. The molecule has 0 bridgehead atoms. The molecule has 0 spiro atoms. The van der Waals surface area contributed by atoms with E-state index in [-0.39, 0.29) is 11.9 Å². The van der Waals surface area contributed by atoms with Crippen LogP contribution in [-0.4, -0.2) is 25.0 Å². The fourth-order valence-corrected chi connectivity index (χ4v) is 2.83. The van der Waals surface area contributed by atoms with E-state index in [2.05, 4.69) is 33.5 Å². The van der Waals surface area contributed by atoms with Crippen LogP contribution in [0.3, 0.4) is 0 Å². The summed E-state index contributed by atoms with van der Waals surface area (Å²) in [5.41, 5.74) is 1.77. The van der Waals surface area contributed by atoms with Gasteiger partial charge in [0.15, 0.2) is 0 Å². The summed E-state index contributed by atoms with van der Waals surface area (Å²) in [6.07, 6.45) is 1.00. The topological polar surface area (TPSA) is 41.1 Å². The molecular formula is C14H19BrN2O. The van der Waals surface area contributed by atoms with E-state index in [1.54, 1.807) is 0 Å². The number of piperidine rings is 1. The molecule has 1 aromatic rings. The Balaban J connectivity index is 2.07. The normalized spacial score (nSPS) is 23.7. The first-order valence-electron chi connectivity index (χ1n) is 6.35. The fraction of sp³-hybridized carbons (Fsp3) is 0.500. The lowest BCUT2D eigenvalue weighted by Gasteiger charge is -2.30. The van der Waals surface area contributed by atoms with E-state index in [9.17, 15) is 4.79 Å². The zero-order valence-corrected chi connectivity index (χ0v) is 12.4. The third kappa shape index (κ3) is 3.12. The summed E-state index contributed by atoms with van der Waals surface area (Å²) >= 11 is 3.41. The first-order valence-corrected chi connectivity index (χ1v) is 7.15. The minimum Gasteiger partial charge on any atom is -0.349 e. The monoisotopic (exact) mass is 310 g/mol. The van der Waals surface area contributed by atoms with Crippen LogP contribution in [0, 0.1) is 12.8 Å². The van der Waals surface area contributed by atoms with Crippen LogP contribution >= 0.6 is 15.9 Å². The van der Waals surface area contributed by atoms with Crippen LogP contribution < -0.4 is 10.6 Å². The maximum atomic E-state index is 12.2. The molecule has 0 saturated carbocycles. The molecule has 1 aliphatic rings. The van der Waals surface area contributed by atoms with Crippen molar-refractivity contribution >= 4 is 21.8 Å². The lowest BCUT2D eigenvalue weighted by molar-refractivity contribution is 0.0913. The Morgan fingerprint density at radius 2 is 2.28 bits per heavy atom. The van der Waals surface area contributed by atoms with Crippen LogP contribution in [0.5, 0.6) is 0 Å². The highest BCUT2D eigenvalue weighted by Crippen LogP contribution is 2.17. The van der Waals surface area contributed by atoms with Crippen molar-refractivity contribution in [2.75, 3.05) is 13.1 Å². The predicted molar refractivity (Wildman–Crippen MR) is 76.8 cm³/mol. The molecule has 2 atom stereocenters. The summed E-state index contributed by atoms with van der Waals surface area (Å²) < 4.78 is 1.01. The summed E-state index contributed by atoms with van der Waals surface area (Å²) in [5, 5.41) is 6.49. The smallest absolute Gasteiger partial charge is 0.251 e. The standard InChI is InChI=1S/C14H19BrN2O/c1-9-7-11(15)3-4-12(9)14(18)17-13-5-6-16-8-10(13)2/h3-4,7,10,13,16H,5-6,8H2,1-2H3,(H,17,18). The molecule has 98 valence electrons. The van der Waals surface area contributed by atoms with Crippen molar-refractivity contribution < 1.29 is 4.79 Å². The average Bonchev–Trinajstić information content (AvgIpc) is 2.32. The van der Waals surface area contributed by atoms with Gasteiger partial charge in [0.2, 0.25) is 0 Å². The summed E-state index contributed by atoms with van der Waals surface area (Å²) in [5.74, 6) is 0.525. The molecule has 1 heterocycles. The van der Waals surface area contributed by atoms with Crippen molar-refractivity contribution in [1.82, 2.24) is 10.6 Å². The van der Waals surface area contributed by atoms with Crippen molar-refractivity contribution in [3.05, 3.63) is 33.8 Å². The number of rotatable bonds is 2. The lowest BCUT2D eigenvalue weighted by Crippen LogP contribution is -2.48. The second-order valence-corrected chi connectivity index (χ2v) is 5.92. The van der Waals surface area contributed by atoms with Gasteiger partial charge in [-0.05, 0) is 56.1 Å². The molecule has 2 rings (SSSR count). The quantitative estimate of drug-likeness (QED) is 0.881. The third-order valence-corrected chi connectivity index (χ3v) is 4.03. The van der Waals surface area contributed by atoms with Crippen molar-refractivity contribution in [2.45, 2.75) is 26.3 Å². The molecule has 1 saturated heterocycles. The largest absolute Gasteiger partial charge is 0.349 e. The number of hydrogen-bond donors (Lipinski definition) is 2. The van der Waals surface area contributed by atoms with Crippen LogP contribution in [0.25, 0.3) is 0 Å². The molecule has 0 radical (unpaired) electrons. The van der Waals surface area contributed by atoms with Crippen molar-refractivity contribution in [2.24, 2.45) is 5.92 Å². The Morgan fingerprint density at radius 1 is 1.50 bits per heavy atom. The fourth-order valence-electron chi connectivity index (χ4n) is 2.36. The molecule has 0 aromatic heterocycles. The first kappa shape index (κ1) is 13.6. The van der Waals surface area contributed by atoms with Gasteiger partial charge < -0.3 is 10.6 Å². The van der Waals surface area contributed by atoms with Gasteiger partial charge in [-0.2, -0.15) is 0 Å². The molecule has 3 nitrogen and oxygen atoms in total. The maximum absolute atomic E-state index is 12.2. The summed E-state index contributed by atoms with van der Waals surface area (Å²) in [4.78, 5) is 12.2. The van der Waals surface area contributed by atoms with E-state index in [1.165, 1.54) is 0 Å². The summed E-state index contributed by atoms with van der Waals surface area (Å²) in [6, 6.07) is 6.04. The van der Waals surface area contributed by atoms with Crippen molar-refractivity contribution in [3.63, 3.8) is 0 Å². The molecule has 1 fully saturated rings. The molecule has 1 aliphatic heterocycles. The number of hydrogen-bond acceptors (Lipinski definition) is 2. The Hall–Kier alpha value is -0.870.